The fraction of sp³-hybridized carbons (Fsp3) is 0.227. The predicted molar refractivity (Wildman–Crippen MR) is 120 cm³/mol. The normalized spacial score (nSPS) is 20.2. The lowest BCUT2D eigenvalue weighted by Gasteiger charge is -2.15. The van der Waals surface area contributed by atoms with Gasteiger partial charge in [0, 0.05) is 24.2 Å². The van der Waals surface area contributed by atoms with Crippen LogP contribution in [0.1, 0.15) is 22.5 Å². The summed E-state index contributed by atoms with van der Waals surface area (Å²) in [4.78, 5) is 37.3. The van der Waals surface area contributed by atoms with Crippen molar-refractivity contribution in [2.45, 2.75) is 25.0 Å². The van der Waals surface area contributed by atoms with E-state index in [1.807, 2.05) is 0 Å². The molecule has 1 saturated carbocycles. The third-order valence-electron chi connectivity index (χ3n) is 5.32. The van der Waals surface area contributed by atoms with Gasteiger partial charge in [0.25, 0.3) is 11.5 Å². The highest BCUT2D eigenvalue weighted by molar-refractivity contribution is 7.18. The van der Waals surface area contributed by atoms with Gasteiger partial charge in [-0.2, -0.15) is 0 Å². The van der Waals surface area contributed by atoms with Crippen LogP contribution in [0, 0.1) is 11.7 Å². The summed E-state index contributed by atoms with van der Waals surface area (Å²) in [7, 11) is 0. The van der Waals surface area contributed by atoms with E-state index < -0.39 is 29.8 Å². The van der Waals surface area contributed by atoms with Gasteiger partial charge in [-0.15, -0.1) is 11.3 Å². The zero-order valence-electron chi connectivity index (χ0n) is 16.6. The number of amides is 2. The van der Waals surface area contributed by atoms with E-state index >= 15 is 0 Å². The second-order valence-corrected chi connectivity index (χ2v) is 9.20. The molecule has 2 aromatic heterocycles. The molecule has 10 heteroatoms. The summed E-state index contributed by atoms with van der Waals surface area (Å²) < 4.78 is 16.3. The number of hydrogen-bond acceptors (Lipinski definition) is 5. The number of rotatable bonds is 5. The van der Waals surface area contributed by atoms with Crippen molar-refractivity contribution in [3.05, 3.63) is 80.1 Å². The SMILES string of the molecule is O=C(N[C@H]1C[C@@H](C(=O)Nc2ccc(-n3ccccc3=O)cc2F)C[C@H]1O)c1ccc(Cl)s1. The van der Waals surface area contributed by atoms with Gasteiger partial charge in [0.2, 0.25) is 5.91 Å². The summed E-state index contributed by atoms with van der Waals surface area (Å²) >= 11 is 6.97. The highest BCUT2D eigenvalue weighted by Gasteiger charge is 2.38. The first-order valence-corrected chi connectivity index (χ1v) is 11.0. The average Bonchev–Trinajstić information content (AvgIpc) is 3.36. The molecule has 166 valence electrons. The smallest absolute Gasteiger partial charge is 0.261 e. The number of aromatic nitrogens is 1. The number of nitrogens with one attached hydrogen (secondary N) is 2. The first-order valence-electron chi connectivity index (χ1n) is 9.84. The van der Waals surface area contributed by atoms with Gasteiger partial charge in [-0.05, 0) is 43.2 Å². The zero-order valence-corrected chi connectivity index (χ0v) is 18.2. The van der Waals surface area contributed by atoms with Crippen molar-refractivity contribution in [3.8, 4) is 5.69 Å². The molecule has 1 aromatic carbocycles. The Morgan fingerprint density at radius 3 is 2.66 bits per heavy atom. The Hall–Kier alpha value is -3.01. The van der Waals surface area contributed by atoms with Crippen LogP contribution >= 0.6 is 22.9 Å². The summed E-state index contributed by atoms with van der Waals surface area (Å²) in [5, 5.41) is 15.6. The highest BCUT2D eigenvalue weighted by Crippen LogP contribution is 2.29. The standard InChI is InChI=1S/C22H19ClFN3O4S/c23-19-7-6-18(32-19)22(31)26-16-9-12(10-17(16)28)21(30)25-15-5-4-13(11-14(15)24)27-8-2-1-3-20(27)29/h1-8,11-12,16-17,28H,9-10H2,(H,25,30)(H,26,31)/t12-,16+,17-/m1/s1. The molecular weight excluding hydrogens is 457 g/mol. The molecule has 7 nitrogen and oxygen atoms in total. The lowest BCUT2D eigenvalue weighted by Crippen LogP contribution is -2.39. The molecule has 1 aliphatic carbocycles. The van der Waals surface area contributed by atoms with Gasteiger partial charge >= 0.3 is 0 Å². The molecule has 0 aliphatic heterocycles. The second-order valence-electron chi connectivity index (χ2n) is 7.48. The van der Waals surface area contributed by atoms with Crippen molar-refractivity contribution in [2.24, 2.45) is 5.92 Å². The van der Waals surface area contributed by atoms with Crippen LogP contribution in [0.2, 0.25) is 4.34 Å². The van der Waals surface area contributed by atoms with Gasteiger partial charge in [0.15, 0.2) is 0 Å². The van der Waals surface area contributed by atoms with Crippen LogP contribution < -0.4 is 16.2 Å². The van der Waals surface area contributed by atoms with E-state index in [1.54, 1.807) is 24.3 Å². The zero-order chi connectivity index (χ0) is 22.8. The van der Waals surface area contributed by atoms with E-state index in [1.165, 1.54) is 29.0 Å². The van der Waals surface area contributed by atoms with Crippen molar-refractivity contribution in [1.29, 1.82) is 0 Å². The van der Waals surface area contributed by atoms with Crippen LogP contribution in [-0.4, -0.2) is 33.6 Å². The lowest BCUT2D eigenvalue weighted by molar-refractivity contribution is -0.119. The van der Waals surface area contributed by atoms with Crippen LogP contribution in [0.15, 0.2) is 59.5 Å². The Morgan fingerprint density at radius 1 is 1.16 bits per heavy atom. The van der Waals surface area contributed by atoms with Gasteiger partial charge in [0.1, 0.15) is 5.82 Å². The molecule has 0 bridgehead atoms. The first kappa shape index (κ1) is 22.2. The largest absolute Gasteiger partial charge is 0.391 e. The molecule has 0 radical (unpaired) electrons. The molecule has 1 fully saturated rings. The van der Waals surface area contributed by atoms with E-state index in [-0.39, 0.29) is 30.0 Å². The molecule has 2 heterocycles. The Bertz CT molecular complexity index is 1230. The summed E-state index contributed by atoms with van der Waals surface area (Å²) in [6.45, 7) is 0. The maximum Gasteiger partial charge on any atom is 0.261 e. The number of benzene rings is 1. The van der Waals surface area contributed by atoms with Crippen molar-refractivity contribution in [1.82, 2.24) is 9.88 Å². The maximum atomic E-state index is 14.6. The van der Waals surface area contributed by atoms with Gasteiger partial charge < -0.3 is 15.7 Å². The van der Waals surface area contributed by atoms with Gasteiger partial charge in [-0.25, -0.2) is 4.39 Å². The lowest BCUT2D eigenvalue weighted by atomic mass is 10.1. The van der Waals surface area contributed by atoms with Crippen LogP contribution in [0.25, 0.3) is 5.69 Å². The summed E-state index contributed by atoms with van der Waals surface area (Å²) in [5.41, 5.74) is -0.00156. The van der Waals surface area contributed by atoms with Crippen LogP contribution in [-0.2, 0) is 4.79 Å². The molecule has 1 aliphatic rings. The number of aliphatic hydroxyl groups excluding tert-OH is 1. The van der Waals surface area contributed by atoms with Crippen molar-refractivity contribution < 1.29 is 19.1 Å². The Morgan fingerprint density at radius 2 is 1.97 bits per heavy atom. The third-order valence-corrected chi connectivity index (χ3v) is 6.55. The van der Waals surface area contributed by atoms with Crippen molar-refractivity contribution in [3.63, 3.8) is 0 Å². The number of aliphatic hydroxyl groups is 1. The second kappa shape index (κ2) is 9.23. The highest BCUT2D eigenvalue weighted by atomic mass is 35.5. The topological polar surface area (TPSA) is 100 Å². The number of carbonyl (C=O) groups is 2. The Balaban J connectivity index is 1.40. The predicted octanol–water partition coefficient (Wildman–Crippen LogP) is 3.20. The van der Waals surface area contributed by atoms with Crippen molar-refractivity contribution >= 4 is 40.4 Å². The molecule has 3 atom stereocenters. The molecule has 0 unspecified atom stereocenters. The maximum absolute atomic E-state index is 14.6. The number of hydrogen-bond donors (Lipinski definition) is 3. The summed E-state index contributed by atoms with van der Waals surface area (Å²) in [6, 6.07) is 11.3. The minimum absolute atomic E-state index is 0.0297. The quantitative estimate of drug-likeness (QED) is 0.527. The molecule has 32 heavy (non-hydrogen) atoms. The summed E-state index contributed by atoms with van der Waals surface area (Å²) in [5.74, 6) is -2.11. The first-order chi connectivity index (χ1) is 15.3. The molecule has 3 N–H and O–H groups in total. The fourth-order valence-corrected chi connectivity index (χ4v) is 4.64. The fourth-order valence-electron chi connectivity index (χ4n) is 3.69. The molecule has 0 saturated heterocycles. The van der Waals surface area contributed by atoms with E-state index in [0.717, 1.165) is 17.4 Å². The number of thiophene rings is 1. The van der Waals surface area contributed by atoms with Gasteiger partial charge in [0.05, 0.1) is 32.7 Å². The van der Waals surface area contributed by atoms with Gasteiger partial charge in [-0.1, -0.05) is 17.7 Å². The van der Waals surface area contributed by atoms with E-state index in [2.05, 4.69) is 10.6 Å². The van der Waals surface area contributed by atoms with E-state index in [4.69, 9.17) is 11.6 Å². The summed E-state index contributed by atoms with van der Waals surface area (Å²) in [6.07, 6.45) is 0.980. The Kier molecular flexibility index (Phi) is 6.40. The molecule has 3 aromatic rings. The molecule has 0 spiro atoms. The van der Waals surface area contributed by atoms with E-state index in [9.17, 15) is 23.9 Å². The Labute approximate surface area is 191 Å². The molecule has 4 rings (SSSR count). The monoisotopic (exact) mass is 475 g/mol. The van der Waals surface area contributed by atoms with Gasteiger partial charge in [-0.3, -0.25) is 19.0 Å². The van der Waals surface area contributed by atoms with Crippen LogP contribution in [0.5, 0.6) is 0 Å². The van der Waals surface area contributed by atoms with E-state index in [0.29, 0.717) is 14.9 Å². The minimum atomic E-state index is -0.901. The minimum Gasteiger partial charge on any atom is -0.391 e. The van der Waals surface area contributed by atoms with Crippen molar-refractivity contribution in [2.75, 3.05) is 5.32 Å². The number of pyridine rings is 1. The third kappa shape index (κ3) is 4.74. The number of carbonyl (C=O) groups excluding carboxylic acids is 2. The molecular formula is C22H19ClFN3O4S. The van der Waals surface area contributed by atoms with Crippen LogP contribution in [0.4, 0.5) is 10.1 Å². The number of halogens is 2. The number of anilines is 1. The van der Waals surface area contributed by atoms with Crippen LogP contribution in [0.3, 0.4) is 0 Å². The number of nitrogens with zero attached hydrogens (tertiary/aromatic N) is 1. The molecule has 2 amide bonds. The average molecular weight is 476 g/mol.